The molecule has 0 spiro atoms. The Balaban J connectivity index is 1.45. The summed E-state index contributed by atoms with van der Waals surface area (Å²) < 4.78 is 5.34. The summed E-state index contributed by atoms with van der Waals surface area (Å²) in [6, 6.07) is 9.12. The van der Waals surface area contributed by atoms with Gasteiger partial charge in [-0.05, 0) is 30.5 Å². The Bertz CT molecular complexity index is 882. The van der Waals surface area contributed by atoms with Gasteiger partial charge in [-0.25, -0.2) is 0 Å². The lowest BCUT2D eigenvalue weighted by Crippen LogP contribution is -2.46. The molecule has 2 amide bonds. The van der Waals surface area contributed by atoms with E-state index in [2.05, 4.69) is 5.32 Å². The zero-order valence-corrected chi connectivity index (χ0v) is 14.0. The largest absolute Gasteiger partial charge is 0.481 e. The topological polar surface area (TPSA) is 99.8 Å². The van der Waals surface area contributed by atoms with Gasteiger partial charge in [0.1, 0.15) is 0 Å². The van der Waals surface area contributed by atoms with Crippen LogP contribution in [0.4, 0.5) is 5.69 Å². The molecule has 2 aliphatic rings. The van der Waals surface area contributed by atoms with Crippen molar-refractivity contribution < 1.29 is 23.9 Å². The molecule has 1 aliphatic carbocycles. The number of aliphatic carboxylic acids is 1. The van der Waals surface area contributed by atoms with Gasteiger partial charge in [-0.1, -0.05) is 18.2 Å². The highest BCUT2D eigenvalue weighted by atomic mass is 16.4. The second-order valence-corrected chi connectivity index (χ2v) is 6.74. The van der Waals surface area contributed by atoms with Crippen molar-refractivity contribution in [3.63, 3.8) is 0 Å². The van der Waals surface area contributed by atoms with Gasteiger partial charge in [-0.15, -0.1) is 0 Å². The normalized spacial score (nSPS) is 21.2. The van der Waals surface area contributed by atoms with Gasteiger partial charge in [0, 0.05) is 17.3 Å². The molecule has 26 heavy (non-hydrogen) atoms. The van der Waals surface area contributed by atoms with E-state index in [-0.39, 0.29) is 30.2 Å². The number of anilines is 1. The molecule has 0 saturated heterocycles. The molecule has 4 rings (SSSR count). The zero-order chi connectivity index (χ0) is 18.3. The van der Waals surface area contributed by atoms with E-state index in [1.165, 1.54) is 6.26 Å². The summed E-state index contributed by atoms with van der Waals surface area (Å²) in [7, 11) is 0. The second kappa shape index (κ2) is 6.33. The Hall–Kier alpha value is -3.09. The number of carboxylic acids is 1. The molecule has 7 heteroatoms. The van der Waals surface area contributed by atoms with E-state index in [1.54, 1.807) is 11.0 Å². The summed E-state index contributed by atoms with van der Waals surface area (Å²) in [6.07, 6.45) is 2.63. The van der Waals surface area contributed by atoms with Gasteiger partial charge in [0.05, 0.1) is 25.1 Å². The van der Waals surface area contributed by atoms with Crippen molar-refractivity contribution in [1.82, 2.24) is 5.32 Å². The molecule has 0 unspecified atom stereocenters. The Morgan fingerprint density at radius 3 is 2.77 bits per heavy atom. The van der Waals surface area contributed by atoms with Crippen molar-refractivity contribution >= 4 is 23.5 Å². The van der Waals surface area contributed by atoms with Gasteiger partial charge >= 0.3 is 5.97 Å². The van der Waals surface area contributed by atoms with Crippen LogP contribution in [0.3, 0.4) is 0 Å². The van der Waals surface area contributed by atoms with Gasteiger partial charge in [-0.3, -0.25) is 14.4 Å². The first-order chi connectivity index (χ1) is 12.5. The average molecular weight is 354 g/mol. The lowest BCUT2D eigenvalue weighted by Gasteiger charge is -2.32. The SMILES string of the molecule is O=C(NC1CC(C(=O)O)C1)c1occc1CN1C(=O)Cc2ccccc21. The number of carbonyl (C=O) groups excluding carboxylic acids is 2. The minimum atomic E-state index is -0.833. The van der Waals surface area contributed by atoms with Crippen LogP contribution in [0.5, 0.6) is 0 Å². The summed E-state index contributed by atoms with van der Waals surface area (Å²) in [5.74, 6) is -1.45. The number of hydrogen-bond acceptors (Lipinski definition) is 4. The van der Waals surface area contributed by atoms with Crippen LogP contribution in [0, 0.1) is 5.92 Å². The molecule has 7 nitrogen and oxygen atoms in total. The quantitative estimate of drug-likeness (QED) is 0.855. The number of hydrogen-bond donors (Lipinski definition) is 2. The third-order valence-corrected chi connectivity index (χ3v) is 5.03. The van der Waals surface area contributed by atoms with E-state index in [0.29, 0.717) is 24.8 Å². The summed E-state index contributed by atoms with van der Waals surface area (Å²) in [6.45, 7) is 0.261. The minimum absolute atomic E-state index is 0.0120. The first-order valence-electron chi connectivity index (χ1n) is 8.51. The van der Waals surface area contributed by atoms with Crippen molar-refractivity contribution in [2.45, 2.75) is 31.8 Å². The van der Waals surface area contributed by atoms with E-state index >= 15 is 0 Å². The van der Waals surface area contributed by atoms with Crippen LogP contribution in [0.1, 0.15) is 34.5 Å². The maximum atomic E-state index is 12.5. The second-order valence-electron chi connectivity index (χ2n) is 6.74. The molecule has 1 saturated carbocycles. The predicted molar refractivity (Wildman–Crippen MR) is 91.7 cm³/mol. The number of carboxylic acid groups (broad SMARTS) is 1. The van der Waals surface area contributed by atoms with Gasteiger partial charge < -0.3 is 19.7 Å². The minimum Gasteiger partial charge on any atom is -0.481 e. The highest BCUT2D eigenvalue weighted by Crippen LogP contribution is 2.31. The molecule has 134 valence electrons. The monoisotopic (exact) mass is 354 g/mol. The zero-order valence-electron chi connectivity index (χ0n) is 14.0. The first-order valence-corrected chi connectivity index (χ1v) is 8.51. The van der Waals surface area contributed by atoms with E-state index in [4.69, 9.17) is 9.52 Å². The van der Waals surface area contributed by atoms with Crippen molar-refractivity contribution in [3.8, 4) is 0 Å². The number of amides is 2. The van der Waals surface area contributed by atoms with Crippen LogP contribution < -0.4 is 10.2 Å². The first kappa shape index (κ1) is 16.4. The number of nitrogens with zero attached hydrogens (tertiary/aromatic N) is 1. The number of furan rings is 1. The Kier molecular flexibility index (Phi) is 3.99. The molecule has 1 aromatic carbocycles. The van der Waals surface area contributed by atoms with E-state index in [9.17, 15) is 14.4 Å². The van der Waals surface area contributed by atoms with E-state index in [0.717, 1.165) is 11.3 Å². The molecule has 1 fully saturated rings. The Labute approximate surface area is 149 Å². The molecular formula is C19H18N2O5. The molecule has 0 atom stereocenters. The third-order valence-electron chi connectivity index (χ3n) is 5.03. The van der Waals surface area contributed by atoms with Crippen LogP contribution in [-0.4, -0.2) is 28.9 Å². The fourth-order valence-electron chi connectivity index (χ4n) is 3.51. The average Bonchev–Trinajstić information content (AvgIpc) is 3.15. The summed E-state index contributed by atoms with van der Waals surface area (Å²) in [4.78, 5) is 37.3. The van der Waals surface area contributed by atoms with Gasteiger partial charge in [-0.2, -0.15) is 0 Å². The number of fused-ring (bicyclic) bond motifs is 1. The number of carbonyl (C=O) groups is 3. The molecule has 2 aromatic rings. The Morgan fingerprint density at radius 1 is 1.23 bits per heavy atom. The van der Waals surface area contributed by atoms with Crippen LogP contribution in [0.25, 0.3) is 0 Å². The lowest BCUT2D eigenvalue weighted by molar-refractivity contribution is -0.145. The number of nitrogens with one attached hydrogen (secondary N) is 1. The number of para-hydroxylation sites is 1. The van der Waals surface area contributed by atoms with E-state index < -0.39 is 11.9 Å². The summed E-state index contributed by atoms with van der Waals surface area (Å²) >= 11 is 0. The molecule has 2 N–H and O–H groups in total. The Morgan fingerprint density at radius 2 is 2.00 bits per heavy atom. The maximum absolute atomic E-state index is 12.5. The van der Waals surface area contributed by atoms with Crippen LogP contribution in [0.2, 0.25) is 0 Å². The third kappa shape index (κ3) is 2.85. The molecule has 1 aliphatic heterocycles. The maximum Gasteiger partial charge on any atom is 0.306 e. The smallest absolute Gasteiger partial charge is 0.306 e. The van der Waals surface area contributed by atoms with Crippen LogP contribution >= 0.6 is 0 Å². The van der Waals surface area contributed by atoms with Gasteiger partial charge in [0.15, 0.2) is 5.76 Å². The summed E-state index contributed by atoms with van der Waals surface area (Å²) in [5, 5.41) is 11.7. The number of benzene rings is 1. The van der Waals surface area contributed by atoms with Crippen molar-refractivity contribution in [2.75, 3.05) is 4.90 Å². The molecule has 2 heterocycles. The molecule has 1 aromatic heterocycles. The summed E-state index contributed by atoms with van der Waals surface area (Å²) in [5.41, 5.74) is 2.45. The lowest BCUT2D eigenvalue weighted by atomic mass is 9.80. The van der Waals surface area contributed by atoms with Gasteiger partial charge in [0.2, 0.25) is 5.91 Å². The highest BCUT2D eigenvalue weighted by Gasteiger charge is 2.36. The van der Waals surface area contributed by atoms with Gasteiger partial charge in [0.25, 0.3) is 5.91 Å². The highest BCUT2D eigenvalue weighted by molar-refractivity contribution is 6.01. The van der Waals surface area contributed by atoms with Crippen molar-refractivity contribution in [1.29, 1.82) is 0 Å². The van der Waals surface area contributed by atoms with Crippen molar-refractivity contribution in [3.05, 3.63) is 53.5 Å². The number of rotatable bonds is 5. The van der Waals surface area contributed by atoms with Crippen LogP contribution in [0.15, 0.2) is 41.0 Å². The van der Waals surface area contributed by atoms with Crippen molar-refractivity contribution in [2.24, 2.45) is 5.92 Å². The molecule has 0 radical (unpaired) electrons. The standard InChI is InChI=1S/C19H18N2O5/c22-16-9-11-3-1-2-4-15(11)21(16)10-12-5-6-26-17(12)18(23)20-14-7-13(8-14)19(24)25/h1-6,13-14H,7-10H2,(H,20,23)(H,24,25). The fraction of sp³-hybridized carbons (Fsp3) is 0.316. The molecular weight excluding hydrogens is 336 g/mol. The predicted octanol–water partition coefficient (Wildman–Crippen LogP) is 1.96. The van der Waals surface area contributed by atoms with Crippen LogP contribution in [-0.2, 0) is 22.6 Å². The molecule has 0 bridgehead atoms. The fourth-order valence-corrected chi connectivity index (χ4v) is 3.51. The van der Waals surface area contributed by atoms with E-state index in [1.807, 2.05) is 24.3 Å².